The minimum Gasteiger partial charge on any atom is -0.497 e. The van der Waals surface area contributed by atoms with E-state index in [4.69, 9.17) is 9.47 Å². The zero-order chi connectivity index (χ0) is 22.5. The van der Waals surface area contributed by atoms with Crippen LogP contribution in [0, 0.1) is 0 Å². The Balaban J connectivity index is 1.36. The Morgan fingerprint density at radius 1 is 1.03 bits per heavy atom. The number of hydrogen-bond acceptors (Lipinski definition) is 5. The molecule has 2 aromatic heterocycles. The molecule has 0 radical (unpaired) electrons. The van der Waals surface area contributed by atoms with Crippen molar-refractivity contribution in [3.05, 3.63) is 66.6 Å². The molecule has 0 atom stereocenters. The van der Waals surface area contributed by atoms with E-state index in [1.807, 2.05) is 25.1 Å². The maximum atomic E-state index is 12.6. The SMILES string of the molecule is CCOc1ccc2cc(C(=O)Nc3cnn(CC(=O)Nc4ccc(OC)cc4)c3)[nH]c2c1. The summed E-state index contributed by atoms with van der Waals surface area (Å²) in [7, 11) is 1.58. The van der Waals surface area contributed by atoms with Crippen LogP contribution in [0.1, 0.15) is 17.4 Å². The van der Waals surface area contributed by atoms with Crippen LogP contribution in [0.2, 0.25) is 0 Å². The molecule has 0 aliphatic rings. The standard InChI is InChI=1S/C23H23N5O4/c1-3-32-19-7-4-15-10-21(27-20(15)11-19)23(30)26-17-12-24-28(13-17)14-22(29)25-16-5-8-18(31-2)9-6-16/h4-13,27H,3,14H2,1-2H3,(H,25,29)(H,26,30). The van der Waals surface area contributed by atoms with E-state index in [0.29, 0.717) is 29.4 Å². The van der Waals surface area contributed by atoms with Crippen LogP contribution in [-0.4, -0.2) is 40.3 Å². The normalized spacial score (nSPS) is 10.7. The summed E-state index contributed by atoms with van der Waals surface area (Å²) in [5.41, 5.74) is 2.37. The van der Waals surface area contributed by atoms with E-state index < -0.39 is 0 Å². The van der Waals surface area contributed by atoms with Crippen LogP contribution in [0.15, 0.2) is 60.9 Å². The van der Waals surface area contributed by atoms with Gasteiger partial charge < -0.3 is 25.1 Å². The van der Waals surface area contributed by atoms with Gasteiger partial charge in [-0.25, -0.2) is 0 Å². The Labute approximate surface area is 184 Å². The molecule has 32 heavy (non-hydrogen) atoms. The molecule has 4 rings (SSSR count). The maximum absolute atomic E-state index is 12.6. The Kier molecular flexibility index (Phi) is 6.07. The van der Waals surface area contributed by atoms with E-state index in [0.717, 1.165) is 16.7 Å². The number of H-pyrrole nitrogens is 1. The molecule has 4 aromatic rings. The number of hydrogen-bond donors (Lipinski definition) is 3. The van der Waals surface area contributed by atoms with Gasteiger partial charge in [0.15, 0.2) is 0 Å². The molecular weight excluding hydrogens is 410 g/mol. The van der Waals surface area contributed by atoms with Crippen molar-refractivity contribution in [3.8, 4) is 11.5 Å². The molecule has 2 heterocycles. The third kappa shape index (κ3) is 4.89. The first-order valence-corrected chi connectivity index (χ1v) is 10.1. The minimum atomic E-state index is -0.304. The molecule has 0 saturated heterocycles. The molecule has 0 bridgehead atoms. The zero-order valence-corrected chi connectivity index (χ0v) is 17.7. The predicted octanol–water partition coefficient (Wildman–Crippen LogP) is 3.66. The quantitative estimate of drug-likeness (QED) is 0.393. The van der Waals surface area contributed by atoms with Gasteiger partial charge in [0.25, 0.3) is 5.91 Å². The topological polar surface area (TPSA) is 110 Å². The van der Waals surface area contributed by atoms with Crippen LogP contribution in [0.4, 0.5) is 11.4 Å². The van der Waals surface area contributed by atoms with Crippen LogP contribution < -0.4 is 20.1 Å². The number of carbonyl (C=O) groups is 2. The summed E-state index contributed by atoms with van der Waals surface area (Å²) in [6.07, 6.45) is 3.09. The summed E-state index contributed by atoms with van der Waals surface area (Å²) < 4.78 is 12.0. The molecule has 2 aromatic carbocycles. The molecule has 0 unspecified atom stereocenters. The number of anilines is 2. The van der Waals surface area contributed by atoms with E-state index in [9.17, 15) is 9.59 Å². The maximum Gasteiger partial charge on any atom is 0.272 e. The summed E-state index contributed by atoms with van der Waals surface area (Å²) in [5, 5.41) is 10.6. The largest absolute Gasteiger partial charge is 0.497 e. The number of nitrogens with one attached hydrogen (secondary N) is 3. The molecular formula is C23H23N5O4. The fourth-order valence-corrected chi connectivity index (χ4v) is 3.22. The van der Waals surface area contributed by atoms with Gasteiger partial charge in [-0.1, -0.05) is 0 Å². The zero-order valence-electron chi connectivity index (χ0n) is 17.7. The minimum absolute atomic E-state index is 0.00843. The molecule has 0 aliphatic heterocycles. The molecule has 0 fully saturated rings. The first-order chi connectivity index (χ1) is 15.5. The lowest BCUT2D eigenvalue weighted by atomic mass is 10.2. The van der Waals surface area contributed by atoms with Crippen LogP contribution in [0.3, 0.4) is 0 Å². The van der Waals surface area contributed by atoms with E-state index in [2.05, 4.69) is 20.7 Å². The van der Waals surface area contributed by atoms with Crippen molar-refractivity contribution >= 4 is 34.1 Å². The summed E-state index contributed by atoms with van der Waals surface area (Å²) in [5.74, 6) is 0.904. The van der Waals surface area contributed by atoms with Crippen LogP contribution in [0.25, 0.3) is 10.9 Å². The molecule has 0 spiro atoms. The van der Waals surface area contributed by atoms with Crippen LogP contribution in [0.5, 0.6) is 11.5 Å². The summed E-state index contributed by atoms with van der Waals surface area (Å²) in [6, 6.07) is 14.4. The highest BCUT2D eigenvalue weighted by atomic mass is 16.5. The number of fused-ring (bicyclic) bond motifs is 1. The second kappa shape index (κ2) is 9.25. The number of nitrogens with zero attached hydrogens (tertiary/aromatic N) is 2. The highest BCUT2D eigenvalue weighted by molar-refractivity contribution is 6.06. The monoisotopic (exact) mass is 433 g/mol. The van der Waals surface area contributed by atoms with Gasteiger partial charge in [0.1, 0.15) is 23.7 Å². The second-order valence-corrected chi connectivity index (χ2v) is 7.02. The lowest BCUT2D eigenvalue weighted by molar-refractivity contribution is -0.116. The number of carbonyl (C=O) groups excluding carboxylic acids is 2. The summed E-state index contributed by atoms with van der Waals surface area (Å²) in [6.45, 7) is 2.50. The van der Waals surface area contributed by atoms with Crippen molar-refractivity contribution in [3.63, 3.8) is 0 Å². The Morgan fingerprint density at radius 2 is 1.81 bits per heavy atom. The van der Waals surface area contributed by atoms with Crippen molar-refractivity contribution in [2.24, 2.45) is 0 Å². The fourth-order valence-electron chi connectivity index (χ4n) is 3.22. The van der Waals surface area contributed by atoms with E-state index in [1.165, 1.54) is 10.9 Å². The van der Waals surface area contributed by atoms with Gasteiger partial charge in [0, 0.05) is 28.9 Å². The number of amides is 2. The van der Waals surface area contributed by atoms with E-state index in [-0.39, 0.29) is 18.4 Å². The van der Waals surface area contributed by atoms with Crippen molar-refractivity contribution in [2.45, 2.75) is 13.5 Å². The highest BCUT2D eigenvalue weighted by Gasteiger charge is 2.12. The van der Waals surface area contributed by atoms with Gasteiger partial charge in [-0.05, 0) is 49.4 Å². The first kappa shape index (κ1) is 21.0. The molecule has 9 heteroatoms. The number of benzene rings is 2. The Bertz CT molecular complexity index is 1240. The Morgan fingerprint density at radius 3 is 2.56 bits per heavy atom. The lowest BCUT2D eigenvalue weighted by Gasteiger charge is -2.06. The van der Waals surface area contributed by atoms with E-state index in [1.54, 1.807) is 43.6 Å². The molecule has 9 nitrogen and oxygen atoms in total. The molecule has 2 amide bonds. The van der Waals surface area contributed by atoms with Crippen molar-refractivity contribution in [2.75, 3.05) is 24.4 Å². The average Bonchev–Trinajstić information content (AvgIpc) is 3.41. The predicted molar refractivity (Wildman–Crippen MR) is 121 cm³/mol. The molecule has 0 aliphatic carbocycles. The molecule has 3 N–H and O–H groups in total. The van der Waals surface area contributed by atoms with Gasteiger partial charge in [-0.2, -0.15) is 5.10 Å². The van der Waals surface area contributed by atoms with Gasteiger partial charge in [0.2, 0.25) is 5.91 Å². The van der Waals surface area contributed by atoms with Crippen molar-refractivity contribution in [1.29, 1.82) is 0 Å². The summed E-state index contributed by atoms with van der Waals surface area (Å²) in [4.78, 5) is 28.0. The van der Waals surface area contributed by atoms with Gasteiger partial charge in [0.05, 0.1) is 25.6 Å². The molecule has 164 valence electrons. The summed E-state index contributed by atoms with van der Waals surface area (Å²) >= 11 is 0. The van der Waals surface area contributed by atoms with E-state index >= 15 is 0 Å². The van der Waals surface area contributed by atoms with Crippen LogP contribution >= 0.6 is 0 Å². The number of rotatable bonds is 8. The van der Waals surface area contributed by atoms with Crippen molar-refractivity contribution < 1.29 is 19.1 Å². The highest BCUT2D eigenvalue weighted by Crippen LogP contribution is 2.22. The van der Waals surface area contributed by atoms with Crippen LogP contribution in [-0.2, 0) is 11.3 Å². The Hall–Kier alpha value is -4.27. The fraction of sp³-hybridized carbons (Fsp3) is 0.174. The smallest absolute Gasteiger partial charge is 0.272 e. The third-order valence-electron chi connectivity index (χ3n) is 4.72. The number of aromatic amines is 1. The lowest BCUT2D eigenvalue weighted by Crippen LogP contribution is -2.19. The third-order valence-corrected chi connectivity index (χ3v) is 4.72. The first-order valence-electron chi connectivity index (χ1n) is 10.1. The average molecular weight is 433 g/mol. The number of methoxy groups -OCH3 is 1. The van der Waals surface area contributed by atoms with Crippen molar-refractivity contribution in [1.82, 2.24) is 14.8 Å². The molecule has 0 saturated carbocycles. The number of aromatic nitrogens is 3. The number of ether oxygens (including phenoxy) is 2. The second-order valence-electron chi connectivity index (χ2n) is 7.02. The van der Waals surface area contributed by atoms with Gasteiger partial charge in [-0.15, -0.1) is 0 Å². The van der Waals surface area contributed by atoms with Gasteiger partial charge >= 0.3 is 0 Å². The van der Waals surface area contributed by atoms with Gasteiger partial charge in [-0.3, -0.25) is 14.3 Å².